The Morgan fingerprint density at radius 3 is 2.88 bits per heavy atom. The zero-order valence-corrected chi connectivity index (χ0v) is 15.8. The Hall–Kier alpha value is -1.79. The molecule has 1 aliphatic heterocycles. The highest BCUT2D eigenvalue weighted by Crippen LogP contribution is 2.30. The van der Waals surface area contributed by atoms with Gasteiger partial charge in [-0.1, -0.05) is 30.0 Å². The molecule has 0 unspecified atom stereocenters. The molecule has 1 aliphatic carbocycles. The predicted octanol–water partition coefficient (Wildman–Crippen LogP) is 3.14. The van der Waals surface area contributed by atoms with Crippen molar-refractivity contribution < 1.29 is 9.53 Å². The topological polar surface area (TPSA) is 56.2 Å². The fourth-order valence-corrected chi connectivity index (χ4v) is 4.55. The number of aryl methyl sites for hydroxylation is 1. The van der Waals surface area contributed by atoms with E-state index >= 15 is 0 Å². The normalized spacial score (nSPS) is 19.3. The molecular formula is C20H25N3O2S. The monoisotopic (exact) mass is 371 g/mol. The molecule has 1 fully saturated rings. The first-order valence-electron chi connectivity index (χ1n) is 9.48. The molecule has 1 atom stereocenters. The summed E-state index contributed by atoms with van der Waals surface area (Å²) in [5.41, 5.74) is 3.64. The number of amides is 1. The third-order valence-electron chi connectivity index (χ3n) is 5.00. The number of carbonyl (C=O) groups excluding carboxylic acids is 1. The average Bonchev–Trinajstić information content (AvgIpc) is 3.32. The van der Waals surface area contributed by atoms with Crippen LogP contribution in [0.3, 0.4) is 0 Å². The van der Waals surface area contributed by atoms with E-state index in [-0.39, 0.29) is 12.0 Å². The van der Waals surface area contributed by atoms with E-state index in [1.807, 2.05) is 18.2 Å². The van der Waals surface area contributed by atoms with Crippen LogP contribution < -0.4 is 5.32 Å². The maximum Gasteiger partial charge on any atom is 0.230 e. The average molecular weight is 372 g/mol. The lowest BCUT2D eigenvalue weighted by Crippen LogP contribution is -2.32. The summed E-state index contributed by atoms with van der Waals surface area (Å²) < 4.78 is 7.80. The fourth-order valence-electron chi connectivity index (χ4n) is 3.67. The van der Waals surface area contributed by atoms with Gasteiger partial charge in [-0.3, -0.25) is 9.36 Å². The van der Waals surface area contributed by atoms with Crippen molar-refractivity contribution in [2.45, 2.75) is 49.8 Å². The van der Waals surface area contributed by atoms with E-state index in [1.165, 1.54) is 36.0 Å². The number of hydrogen-bond donors (Lipinski definition) is 1. The van der Waals surface area contributed by atoms with Crippen LogP contribution in [0.4, 0.5) is 0 Å². The first-order valence-corrected chi connectivity index (χ1v) is 10.5. The zero-order valence-electron chi connectivity index (χ0n) is 14.9. The number of nitrogens with zero attached hydrogens (tertiary/aromatic N) is 2. The number of thioether (sulfide) groups is 1. The van der Waals surface area contributed by atoms with Gasteiger partial charge in [0.25, 0.3) is 0 Å². The van der Waals surface area contributed by atoms with Gasteiger partial charge in [0.05, 0.1) is 17.6 Å². The molecule has 0 saturated carbocycles. The Balaban J connectivity index is 1.45. The summed E-state index contributed by atoms with van der Waals surface area (Å²) in [5.74, 6) is 0.432. The van der Waals surface area contributed by atoms with Crippen molar-refractivity contribution in [2.24, 2.45) is 0 Å². The second-order valence-corrected chi connectivity index (χ2v) is 7.84. The lowest BCUT2D eigenvalue weighted by molar-refractivity contribution is -0.119. The van der Waals surface area contributed by atoms with E-state index in [9.17, 15) is 4.79 Å². The molecule has 0 spiro atoms. The molecule has 26 heavy (non-hydrogen) atoms. The van der Waals surface area contributed by atoms with Gasteiger partial charge in [0, 0.05) is 24.5 Å². The van der Waals surface area contributed by atoms with E-state index < -0.39 is 0 Å². The molecule has 138 valence electrons. The van der Waals surface area contributed by atoms with Gasteiger partial charge in [0.1, 0.15) is 0 Å². The lowest BCUT2D eigenvalue weighted by Gasteiger charge is -2.15. The molecule has 2 aliphatic rings. The van der Waals surface area contributed by atoms with Crippen molar-refractivity contribution in [3.05, 3.63) is 41.7 Å². The first kappa shape index (κ1) is 17.6. The second-order valence-electron chi connectivity index (χ2n) is 6.89. The minimum absolute atomic E-state index is 0.0473. The number of para-hydroxylation sites is 1. The molecule has 0 radical (unpaired) electrons. The van der Waals surface area contributed by atoms with E-state index in [1.54, 1.807) is 0 Å². The Labute approximate surface area is 158 Å². The maximum absolute atomic E-state index is 12.2. The molecule has 1 amide bonds. The molecule has 1 N–H and O–H groups in total. The highest BCUT2D eigenvalue weighted by Gasteiger charge is 2.22. The lowest BCUT2D eigenvalue weighted by atomic mass is 10.0. The van der Waals surface area contributed by atoms with E-state index in [4.69, 9.17) is 9.72 Å². The number of rotatable bonds is 6. The van der Waals surface area contributed by atoms with Gasteiger partial charge in [-0.15, -0.1) is 0 Å². The van der Waals surface area contributed by atoms with Gasteiger partial charge in [0.2, 0.25) is 5.91 Å². The molecule has 2 aromatic rings. The van der Waals surface area contributed by atoms with Crippen molar-refractivity contribution in [1.29, 1.82) is 0 Å². The smallest absolute Gasteiger partial charge is 0.230 e. The van der Waals surface area contributed by atoms with Crippen LogP contribution in [-0.2, 0) is 22.4 Å². The van der Waals surface area contributed by atoms with Crippen LogP contribution in [0, 0.1) is 0 Å². The summed E-state index contributed by atoms with van der Waals surface area (Å²) in [4.78, 5) is 17.1. The molecule has 1 aromatic carbocycles. The number of fused-ring (bicyclic) bond motifs is 1. The SMILES string of the molecule is O=C(CSc1nc2c(n1-c1ccccc1)CCCC2)NC[C@@H]1CCCO1. The van der Waals surface area contributed by atoms with Crippen LogP contribution in [0.15, 0.2) is 35.5 Å². The summed E-state index contributed by atoms with van der Waals surface area (Å²) in [6, 6.07) is 10.3. The minimum atomic E-state index is 0.0473. The van der Waals surface area contributed by atoms with Gasteiger partial charge in [-0.2, -0.15) is 0 Å². The molecule has 0 bridgehead atoms. The summed E-state index contributed by atoms with van der Waals surface area (Å²) >= 11 is 1.52. The predicted molar refractivity (Wildman–Crippen MR) is 103 cm³/mol. The molecule has 2 heterocycles. The minimum Gasteiger partial charge on any atom is -0.376 e. The van der Waals surface area contributed by atoms with Crippen LogP contribution in [-0.4, -0.2) is 40.5 Å². The molecular weight excluding hydrogens is 346 g/mol. The van der Waals surface area contributed by atoms with Gasteiger partial charge in [0.15, 0.2) is 5.16 Å². The van der Waals surface area contributed by atoms with Crippen molar-refractivity contribution in [3.63, 3.8) is 0 Å². The Morgan fingerprint density at radius 2 is 2.08 bits per heavy atom. The van der Waals surface area contributed by atoms with E-state index in [0.717, 1.165) is 43.1 Å². The Morgan fingerprint density at radius 1 is 1.23 bits per heavy atom. The van der Waals surface area contributed by atoms with E-state index in [2.05, 4.69) is 22.0 Å². The summed E-state index contributed by atoms with van der Waals surface area (Å²) in [6.45, 7) is 1.43. The van der Waals surface area contributed by atoms with Crippen molar-refractivity contribution in [3.8, 4) is 5.69 Å². The number of carbonyl (C=O) groups is 1. The number of imidazole rings is 1. The van der Waals surface area contributed by atoms with Crippen molar-refractivity contribution in [1.82, 2.24) is 14.9 Å². The van der Waals surface area contributed by atoms with Crippen LogP contribution >= 0.6 is 11.8 Å². The molecule has 1 saturated heterocycles. The van der Waals surface area contributed by atoms with Crippen LogP contribution in [0.5, 0.6) is 0 Å². The Bertz CT molecular complexity index is 754. The van der Waals surface area contributed by atoms with Crippen molar-refractivity contribution >= 4 is 17.7 Å². The van der Waals surface area contributed by atoms with Gasteiger partial charge < -0.3 is 10.1 Å². The number of ether oxygens (including phenoxy) is 1. The largest absolute Gasteiger partial charge is 0.376 e. The maximum atomic E-state index is 12.2. The van der Waals surface area contributed by atoms with Gasteiger partial charge >= 0.3 is 0 Å². The Kier molecular flexibility index (Phi) is 5.60. The van der Waals surface area contributed by atoms with E-state index in [0.29, 0.717) is 12.3 Å². The standard InChI is InChI=1S/C20H25N3O2S/c24-19(21-13-16-9-6-12-25-16)14-26-20-22-17-10-4-5-11-18(17)23(20)15-7-2-1-3-8-15/h1-3,7-8,16H,4-6,9-14H2,(H,21,24)/t16-/m0/s1. The molecule has 4 rings (SSSR count). The third kappa shape index (κ3) is 3.96. The molecule has 5 nitrogen and oxygen atoms in total. The third-order valence-corrected chi connectivity index (χ3v) is 5.94. The number of nitrogens with one attached hydrogen (secondary N) is 1. The van der Waals surface area contributed by atoms with Gasteiger partial charge in [-0.05, 0) is 50.7 Å². The van der Waals surface area contributed by atoms with Gasteiger partial charge in [-0.25, -0.2) is 4.98 Å². The number of hydrogen-bond acceptors (Lipinski definition) is 4. The van der Waals surface area contributed by atoms with Crippen LogP contribution in [0.1, 0.15) is 37.1 Å². The summed E-state index contributed by atoms with van der Waals surface area (Å²) in [6.07, 6.45) is 6.82. The highest BCUT2D eigenvalue weighted by molar-refractivity contribution is 7.99. The molecule has 6 heteroatoms. The second kappa shape index (κ2) is 8.27. The van der Waals surface area contributed by atoms with Crippen LogP contribution in [0.2, 0.25) is 0 Å². The summed E-state index contributed by atoms with van der Waals surface area (Å²) in [5, 5.41) is 3.92. The highest BCUT2D eigenvalue weighted by atomic mass is 32.2. The number of benzene rings is 1. The zero-order chi connectivity index (χ0) is 17.8. The first-order chi connectivity index (χ1) is 12.8. The van der Waals surface area contributed by atoms with Crippen LogP contribution in [0.25, 0.3) is 5.69 Å². The molecule has 1 aromatic heterocycles. The number of aromatic nitrogens is 2. The van der Waals surface area contributed by atoms with Crippen molar-refractivity contribution in [2.75, 3.05) is 18.9 Å². The summed E-state index contributed by atoms with van der Waals surface area (Å²) in [7, 11) is 0. The quantitative estimate of drug-likeness (QED) is 0.793. The fraction of sp³-hybridized carbons (Fsp3) is 0.500.